The van der Waals surface area contributed by atoms with Crippen molar-refractivity contribution in [3.8, 4) is 0 Å². The summed E-state index contributed by atoms with van der Waals surface area (Å²) in [5, 5.41) is 8.62. The van der Waals surface area contributed by atoms with E-state index in [9.17, 15) is 0 Å². The average molecular weight is 172 g/mol. The van der Waals surface area contributed by atoms with E-state index in [0.29, 0.717) is 6.61 Å². The molecule has 0 aliphatic heterocycles. The first-order valence-corrected chi connectivity index (χ1v) is 5.42. The zero-order valence-electron chi connectivity index (χ0n) is 8.68. The van der Waals surface area contributed by atoms with Crippen LogP contribution in [0.5, 0.6) is 0 Å². The summed E-state index contributed by atoms with van der Waals surface area (Å²) >= 11 is 0. The topological polar surface area (TPSA) is 20.2 Å². The number of aliphatic hydroxyl groups excluding tert-OH is 1. The van der Waals surface area contributed by atoms with Crippen LogP contribution in [0.4, 0.5) is 0 Å². The molecule has 0 aromatic rings. The Bertz CT molecular complexity index is 81.1. The molecule has 0 aliphatic rings. The van der Waals surface area contributed by atoms with Gasteiger partial charge in [0.2, 0.25) is 0 Å². The molecule has 0 aliphatic carbocycles. The molecule has 1 heteroatoms. The molecular weight excluding hydrogens is 148 g/mol. The molecule has 1 atom stereocenters. The second-order valence-electron chi connectivity index (χ2n) is 3.82. The van der Waals surface area contributed by atoms with Gasteiger partial charge in [-0.05, 0) is 18.8 Å². The van der Waals surface area contributed by atoms with Crippen molar-refractivity contribution in [2.45, 2.75) is 58.8 Å². The predicted octanol–water partition coefficient (Wildman–Crippen LogP) is 3.37. The van der Waals surface area contributed by atoms with Gasteiger partial charge < -0.3 is 5.11 Å². The van der Waals surface area contributed by atoms with Gasteiger partial charge >= 0.3 is 0 Å². The summed E-state index contributed by atoms with van der Waals surface area (Å²) in [5.74, 6) is 0.814. The van der Waals surface area contributed by atoms with Gasteiger partial charge in [0, 0.05) is 6.61 Å². The second kappa shape index (κ2) is 9.05. The summed E-state index contributed by atoms with van der Waals surface area (Å²) in [6.45, 7) is 4.90. The molecule has 0 saturated carbocycles. The lowest BCUT2D eigenvalue weighted by Gasteiger charge is -2.09. The fraction of sp³-hybridized carbons (Fsp3) is 1.00. The van der Waals surface area contributed by atoms with Gasteiger partial charge in [-0.3, -0.25) is 0 Å². The lowest BCUT2D eigenvalue weighted by Crippen LogP contribution is -1.96. The molecule has 74 valence electrons. The van der Waals surface area contributed by atoms with Crippen molar-refractivity contribution in [3.05, 3.63) is 0 Å². The second-order valence-corrected chi connectivity index (χ2v) is 3.82. The SMILES string of the molecule is CCCCCCC(C)CCCO. The third kappa shape index (κ3) is 8.06. The smallest absolute Gasteiger partial charge is 0.0431 e. The lowest BCUT2D eigenvalue weighted by atomic mass is 9.98. The van der Waals surface area contributed by atoms with Crippen molar-refractivity contribution in [1.82, 2.24) is 0 Å². The normalized spacial score (nSPS) is 13.2. The molecule has 0 saturated heterocycles. The Morgan fingerprint density at radius 1 is 1.00 bits per heavy atom. The van der Waals surface area contributed by atoms with Crippen LogP contribution in [-0.4, -0.2) is 11.7 Å². The summed E-state index contributed by atoms with van der Waals surface area (Å²) in [4.78, 5) is 0. The van der Waals surface area contributed by atoms with Crippen molar-refractivity contribution in [1.29, 1.82) is 0 Å². The molecule has 0 amide bonds. The van der Waals surface area contributed by atoms with E-state index in [-0.39, 0.29) is 0 Å². The molecule has 0 bridgehead atoms. The van der Waals surface area contributed by atoms with Crippen molar-refractivity contribution < 1.29 is 5.11 Å². The van der Waals surface area contributed by atoms with Gasteiger partial charge in [0.1, 0.15) is 0 Å². The van der Waals surface area contributed by atoms with Gasteiger partial charge in [0.15, 0.2) is 0 Å². The Morgan fingerprint density at radius 2 is 1.67 bits per heavy atom. The minimum absolute atomic E-state index is 0.360. The Labute approximate surface area is 77.2 Å². The molecule has 1 N–H and O–H groups in total. The maximum Gasteiger partial charge on any atom is 0.0431 e. The van der Waals surface area contributed by atoms with Gasteiger partial charge in [-0.2, -0.15) is 0 Å². The van der Waals surface area contributed by atoms with E-state index in [1.165, 1.54) is 38.5 Å². The first-order chi connectivity index (χ1) is 5.81. The quantitative estimate of drug-likeness (QED) is 0.557. The highest BCUT2D eigenvalue weighted by Gasteiger charge is 2.00. The highest BCUT2D eigenvalue weighted by Crippen LogP contribution is 2.14. The molecule has 0 aromatic heterocycles. The monoisotopic (exact) mass is 172 g/mol. The molecule has 0 radical (unpaired) electrons. The van der Waals surface area contributed by atoms with E-state index in [2.05, 4.69) is 13.8 Å². The van der Waals surface area contributed by atoms with E-state index in [4.69, 9.17) is 5.11 Å². The molecule has 0 aromatic carbocycles. The van der Waals surface area contributed by atoms with Crippen molar-refractivity contribution in [2.24, 2.45) is 5.92 Å². The Hall–Kier alpha value is -0.0400. The van der Waals surface area contributed by atoms with E-state index in [1.807, 2.05) is 0 Å². The van der Waals surface area contributed by atoms with Crippen molar-refractivity contribution in [3.63, 3.8) is 0 Å². The Morgan fingerprint density at radius 3 is 2.25 bits per heavy atom. The lowest BCUT2D eigenvalue weighted by molar-refractivity contribution is 0.270. The first kappa shape index (κ1) is 12.0. The average Bonchev–Trinajstić information content (AvgIpc) is 2.09. The van der Waals surface area contributed by atoms with Crippen molar-refractivity contribution in [2.75, 3.05) is 6.61 Å². The highest BCUT2D eigenvalue weighted by atomic mass is 16.2. The summed E-state index contributed by atoms with van der Waals surface area (Å²) in [5.41, 5.74) is 0. The minimum atomic E-state index is 0.360. The third-order valence-electron chi connectivity index (χ3n) is 2.41. The molecule has 0 heterocycles. The molecule has 1 nitrogen and oxygen atoms in total. The van der Waals surface area contributed by atoms with Gasteiger partial charge in [0.05, 0.1) is 0 Å². The van der Waals surface area contributed by atoms with Crippen LogP contribution in [0.2, 0.25) is 0 Å². The standard InChI is InChI=1S/C11H24O/c1-3-4-5-6-8-11(2)9-7-10-12/h11-12H,3-10H2,1-2H3. The molecular formula is C11H24O. The fourth-order valence-electron chi connectivity index (χ4n) is 1.50. The number of hydrogen-bond acceptors (Lipinski definition) is 1. The van der Waals surface area contributed by atoms with Crippen molar-refractivity contribution >= 4 is 0 Å². The van der Waals surface area contributed by atoms with Crippen LogP contribution in [0.15, 0.2) is 0 Å². The highest BCUT2D eigenvalue weighted by molar-refractivity contribution is 4.53. The minimum Gasteiger partial charge on any atom is -0.396 e. The summed E-state index contributed by atoms with van der Waals surface area (Å²) in [7, 11) is 0. The van der Waals surface area contributed by atoms with Crippen LogP contribution >= 0.6 is 0 Å². The number of hydrogen-bond donors (Lipinski definition) is 1. The molecule has 12 heavy (non-hydrogen) atoms. The van der Waals surface area contributed by atoms with Gasteiger partial charge in [-0.1, -0.05) is 46.0 Å². The predicted molar refractivity (Wildman–Crippen MR) is 54.2 cm³/mol. The van der Waals surface area contributed by atoms with Crippen LogP contribution in [-0.2, 0) is 0 Å². The maximum absolute atomic E-state index is 8.62. The van der Waals surface area contributed by atoms with Gasteiger partial charge in [-0.25, -0.2) is 0 Å². The number of aliphatic hydroxyl groups is 1. The number of unbranched alkanes of at least 4 members (excludes halogenated alkanes) is 3. The summed E-state index contributed by atoms with van der Waals surface area (Å²) in [6.07, 6.45) is 9.00. The molecule has 0 rings (SSSR count). The van der Waals surface area contributed by atoms with Crippen LogP contribution in [0, 0.1) is 5.92 Å². The third-order valence-corrected chi connectivity index (χ3v) is 2.41. The van der Waals surface area contributed by atoms with Crippen LogP contribution in [0.1, 0.15) is 58.8 Å². The van der Waals surface area contributed by atoms with E-state index < -0.39 is 0 Å². The molecule has 1 unspecified atom stereocenters. The zero-order chi connectivity index (χ0) is 9.23. The summed E-state index contributed by atoms with van der Waals surface area (Å²) < 4.78 is 0. The van der Waals surface area contributed by atoms with Crippen LogP contribution < -0.4 is 0 Å². The number of rotatable bonds is 8. The maximum atomic E-state index is 8.62. The van der Waals surface area contributed by atoms with Crippen LogP contribution in [0.25, 0.3) is 0 Å². The van der Waals surface area contributed by atoms with Crippen LogP contribution in [0.3, 0.4) is 0 Å². The summed E-state index contributed by atoms with van der Waals surface area (Å²) in [6, 6.07) is 0. The Balaban J connectivity index is 3.02. The van der Waals surface area contributed by atoms with Gasteiger partial charge in [-0.15, -0.1) is 0 Å². The molecule has 0 spiro atoms. The van der Waals surface area contributed by atoms with E-state index >= 15 is 0 Å². The van der Waals surface area contributed by atoms with E-state index in [1.54, 1.807) is 0 Å². The van der Waals surface area contributed by atoms with Gasteiger partial charge in [0.25, 0.3) is 0 Å². The first-order valence-electron chi connectivity index (χ1n) is 5.42. The largest absolute Gasteiger partial charge is 0.396 e. The fourth-order valence-corrected chi connectivity index (χ4v) is 1.50. The zero-order valence-corrected chi connectivity index (χ0v) is 8.68. The molecule has 0 fully saturated rings. The van der Waals surface area contributed by atoms with E-state index in [0.717, 1.165) is 12.3 Å². The Kier molecular flexibility index (Phi) is 9.02.